The van der Waals surface area contributed by atoms with Crippen LogP contribution in [0.15, 0.2) is 66.3 Å². The molecule has 178 valence electrons. The van der Waals surface area contributed by atoms with Gasteiger partial charge in [0.25, 0.3) is 5.91 Å². The van der Waals surface area contributed by atoms with Crippen LogP contribution >= 0.6 is 23.4 Å². The third kappa shape index (κ3) is 6.27. The van der Waals surface area contributed by atoms with E-state index in [1.165, 1.54) is 11.8 Å². The van der Waals surface area contributed by atoms with Gasteiger partial charge in [-0.3, -0.25) is 9.59 Å². The number of carbonyl (C=O) groups excluding carboxylic acids is 2. The van der Waals surface area contributed by atoms with Gasteiger partial charge in [0.2, 0.25) is 5.91 Å². The number of hydrogen-bond acceptors (Lipinski definition) is 5. The lowest BCUT2D eigenvalue weighted by Gasteiger charge is -2.23. The Kier molecular flexibility index (Phi) is 8.90. The topological polar surface area (TPSA) is 88.9 Å². The summed E-state index contributed by atoms with van der Waals surface area (Å²) in [5.41, 5.74) is 2.17. The molecule has 0 saturated carbocycles. The van der Waals surface area contributed by atoms with E-state index in [0.717, 1.165) is 11.3 Å². The lowest BCUT2D eigenvalue weighted by Crippen LogP contribution is -2.34. The van der Waals surface area contributed by atoms with Gasteiger partial charge in [-0.15, -0.1) is 16.8 Å². The Morgan fingerprint density at radius 1 is 1.15 bits per heavy atom. The number of carbonyl (C=O) groups is 2. The molecule has 9 heteroatoms. The second kappa shape index (κ2) is 11.9. The van der Waals surface area contributed by atoms with Gasteiger partial charge in [0, 0.05) is 12.2 Å². The maximum absolute atomic E-state index is 12.9. The zero-order valence-corrected chi connectivity index (χ0v) is 21.0. The van der Waals surface area contributed by atoms with E-state index in [-0.39, 0.29) is 23.5 Å². The van der Waals surface area contributed by atoms with Crippen molar-refractivity contribution in [2.75, 3.05) is 11.1 Å². The Labute approximate surface area is 209 Å². The molecule has 1 atom stereocenters. The van der Waals surface area contributed by atoms with Crippen LogP contribution in [0.3, 0.4) is 0 Å². The number of rotatable bonds is 10. The van der Waals surface area contributed by atoms with Crippen molar-refractivity contribution in [1.29, 1.82) is 0 Å². The molecule has 34 heavy (non-hydrogen) atoms. The third-order valence-electron chi connectivity index (χ3n) is 5.16. The first-order chi connectivity index (χ1) is 16.3. The molecule has 0 aliphatic carbocycles. The molecular formula is C25H28ClN5O2S. The highest BCUT2D eigenvalue weighted by Gasteiger charge is 2.27. The Morgan fingerprint density at radius 2 is 1.85 bits per heavy atom. The Morgan fingerprint density at radius 3 is 2.53 bits per heavy atom. The first-order valence-electron chi connectivity index (χ1n) is 10.9. The van der Waals surface area contributed by atoms with Crippen LogP contribution in [0.25, 0.3) is 0 Å². The molecule has 3 rings (SSSR count). The fraction of sp³-hybridized carbons (Fsp3) is 0.280. The lowest BCUT2D eigenvalue weighted by molar-refractivity contribution is -0.113. The summed E-state index contributed by atoms with van der Waals surface area (Å²) >= 11 is 7.49. The Hall–Kier alpha value is -3.10. The van der Waals surface area contributed by atoms with Gasteiger partial charge in [-0.05, 0) is 36.6 Å². The molecule has 0 radical (unpaired) electrons. The summed E-state index contributed by atoms with van der Waals surface area (Å²) in [6.45, 7) is 10.2. The fourth-order valence-electron chi connectivity index (χ4n) is 3.36. The van der Waals surface area contributed by atoms with E-state index < -0.39 is 6.04 Å². The number of nitrogens with one attached hydrogen (secondary N) is 2. The molecule has 2 N–H and O–H groups in total. The van der Waals surface area contributed by atoms with Crippen LogP contribution in [0.1, 0.15) is 41.6 Å². The Bertz CT molecular complexity index is 1180. The second-order valence-corrected chi connectivity index (χ2v) is 9.42. The van der Waals surface area contributed by atoms with Crippen LogP contribution in [-0.4, -0.2) is 32.3 Å². The smallest absolute Gasteiger partial charge is 0.253 e. The minimum Gasteiger partial charge on any atom is -0.342 e. The first-order valence-corrected chi connectivity index (χ1v) is 12.3. The van der Waals surface area contributed by atoms with E-state index in [9.17, 15) is 9.59 Å². The fourth-order valence-corrected chi connectivity index (χ4v) is 4.34. The predicted molar refractivity (Wildman–Crippen MR) is 137 cm³/mol. The highest BCUT2D eigenvalue weighted by atomic mass is 35.5. The molecule has 1 aromatic heterocycles. The van der Waals surface area contributed by atoms with E-state index in [4.69, 9.17) is 11.6 Å². The third-order valence-corrected chi connectivity index (χ3v) is 6.45. The summed E-state index contributed by atoms with van der Waals surface area (Å²) in [6.07, 6.45) is 1.73. The summed E-state index contributed by atoms with van der Waals surface area (Å²) in [5, 5.41) is 15.6. The van der Waals surface area contributed by atoms with Gasteiger partial charge in [0.05, 0.1) is 22.4 Å². The number of halogens is 1. The largest absolute Gasteiger partial charge is 0.342 e. The van der Waals surface area contributed by atoms with E-state index >= 15 is 0 Å². The molecule has 0 spiro atoms. The van der Waals surface area contributed by atoms with Crippen molar-refractivity contribution in [2.24, 2.45) is 5.92 Å². The van der Waals surface area contributed by atoms with Crippen molar-refractivity contribution in [3.05, 3.63) is 83.2 Å². The summed E-state index contributed by atoms with van der Waals surface area (Å²) in [6, 6.07) is 14.1. The number of allylic oxidation sites excluding steroid dienone is 1. The summed E-state index contributed by atoms with van der Waals surface area (Å²) in [5.74, 6) is 0.367. The summed E-state index contributed by atoms with van der Waals surface area (Å²) in [4.78, 5) is 25.4. The highest BCUT2D eigenvalue weighted by Crippen LogP contribution is 2.26. The van der Waals surface area contributed by atoms with Crippen LogP contribution in [0.5, 0.6) is 0 Å². The Balaban J connectivity index is 1.77. The molecule has 0 bridgehead atoms. The number of hydrogen-bond donors (Lipinski definition) is 2. The van der Waals surface area contributed by atoms with Crippen molar-refractivity contribution in [3.8, 4) is 0 Å². The molecular weight excluding hydrogens is 470 g/mol. The molecule has 3 aromatic rings. The molecule has 0 fully saturated rings. The van der Waals surface area contributed by atoms with Gasteiger partial charge in [-0.2, -0.15) is 0 Å². The normalized spacial score (nSPS) is 11.8. The van der Waals surface area contributed by atoms with Crippen LogP contribution in [0.4, 0.5) is 5.69 Å². The SMILES string of the molecule is C=CCn1c(SCC(=O)Nc2ccccc2C)nnc1C(NC(=O)c1ccccc1Cl)C(C)C. The molecule has 0 aliphatic heterocycles. The molecule has 7 nitrogen and oxygen atoms in total. The van der Waals surface area contributed by atoms with Crippen LogP contribution < -0.4 is 10.6 Å². The molecule has 2 aromatic carbocycles. The molecule has 1 heterocycles. The maximum Gasteiger partial charge on any atom is 0.253 e. The average molecular weight is 498 g/mol. The van der Waals surface area contributed by atoms with Crippen LogP contribution in [-0.2, 0) is 11.3 Å². The monoisotopic (exact) mass is 497 g/mol. The van der Waals surface area contributed by atoms with E-state index in [1.807, 2.05) is 49.6 Å². The van der Waals surface area contributed by atoms with E-state index in [1.54, 1.807) is 30.3 Å². The van der Waals surface area contributed by atoms with Crippen molar-refractivity contribution in [3.63, 3.8) is 0 Å². The van der Waals surface area contributed by atoms with Crippen LogP contribution in [0.2, 0.25) is 5.02 Å². The number of thioether (sulfide) groups is 1. The average Bonchev–Trinajstić information content (AvgIpc) is 3.20. The number of aromatic nitrogens is 3. The second-order valence-electron chi connectivity index (χ2n) is 8.07. The number of anilines is 1. The standard InChI is InChI=1S/C25H28ClN5O2S/c1-5-14-31-23(22(16(2)3)28-24(33)18-11-7-8-12-19(18)26)29-30-25(31)34-15-21(32)27-20-13-9-6-10-17(20)4/h5-13,16,22H,1,14-15H2,2-4H3,(H,27,32)(H,28,33). The number of aryl methyl sites for hydroxylation is 1. The number of nitrogens with zero attached hydrogens (tertiary/aromatic N) is 3. The minimum absolute atomic E-state index is 0.0291. The number of benzene rings is 2. The molecule has 2 amide bonds. The number of para-hydroxylation sites is 1. The maximum atomic E-state index is 12.9. The molecule has 0 aliphatic rings. The van der Waals surface area contributed by atoms with E-state index in [0.29, 0.717) is 28.1 Å². The van der Waals surface area contributed by atoms with Gasteiger partial charge >= 0.3 is 0 Å². The first kappa shape index (κ1) is 25.5. The number of amides is 2. The van der Waals surface area contributed by atoms with Crippen molar-refractivity contribution in [1.82, 2.24) is 20.1 Å². The van der Waals surface area contributed by atoms with E-state index in [2.05, 4.69) is 27.4 Å². The molecule has 0 saturated heterocycles. The predicted octanol–water partition coefficient (Wildman–Crippen LogP) is 5.28. The van der Waals surface area contributed by atoms with Crippen molar-refractivity contribution in [2.45, 2.75) is 38.5 Å². The molecule has 1 unspecified atom stereocenters. The zero-order chi connectivity index (χ0) is 24.7. The van der Waals surface area contributed by atoms with Gasteiger partial charge < -0.3 is 15.2 Å². The van der Waals surface area contributed by atoms with Gasteiger partial charge in [-0.1, -0.05) is 73.6 Å². The van der Waals surface area contributed by atoms with Crippen molar-refractivity contribution < 1.29 is 9.59 Å². The highest BCUT2D eigenvalue weighted by molar-refractivity contribution is 7.99. The minimum atomic E-state index is -0.411. The van der Waals surface area contributed by atoms with Crippen LogP contribution in [0, 0.1) is 12.8 Å². The lowest BCUT2D eigenvalue weighted by atomic mass is 10.0. The quantitative estimate of drug-likeness (QED) is 0.293. The summed E-state index contributed by atoms with van der Waals surface area (Å²) < 4.78 is 1.87. The summed E-state index contributed by atoms with van der Waals surface area (Å²) in [7, 11) is 0. The van der Waals surface area contributed by atoms with Gasteiger partial charge in [-0.25, -0.2) is 0 Å². The van der Waals surface area contributed by atoms with Gasteiger partial charge in [0.15, 0.2) is 11.0 Å². The van der Waals surface area contributed by atoms with Gasteiger partial charge in [0.1, 0.15) is 0 Å². The van der Waals surface area contributed by atoms with Crippen molar-refractivity contribution >= 4 is 40.9 Å². The zero-order valence-electron chi connectivity index (χ0n) is 19.4.